The van der Waals surface area contributed by atoms with Crippen LogP contribution in [0.3, 0.4) is 0 Å². The van der Waals surface area contributed by atoms with Gasteiger partial charge in [-0.15, -0.1) is 0 Å². The summed E-state index contributed by atoms with van der Waals surface area (Å²) in [5.41, 5.74) is 0.873. The number of carboxylic acids is 1. The zero-order valence-electron chi connectivity index (χ0n) is 12.5. The summed E-state index contributed by atoms with van der Waals surface area (Å²) in [6.45, 7) is 1.68. The first kappa shape index (κ1) is 16.8. The Morgan fingerprint density at radius 2 is 2.00 bits per heavy atom. The van der Waals surface area contributed by atoms with E-state index in [9.17, 15) is 9.59 Å². The molecule has 0 heterocycles. The monoisotopic (exact) mass is 295 g/mol. The van der Waals surface area contributed by atoms with E-state index in [1.165, 1.54) is 0 Å². The van der Waals surface area contributed by atoms with Crippen LogP contribution in [0.5, 0.6) is 11.5 Å². The van der Waals surface area contributed by atoms with E-state index >= 15 is 0 Å². The lowest BCUT2D eigenvalue weighted by atomic mass is 10.1. The van der Waals surface area contributed by atoms with E-state index in [2.05, 4.69) is 5.32 Å². The predicted molar refractivity (Wildman–Crippen MR) is 77.7 cm³/mol. The Hall–Kier alpha value is -2.24. The first-order chi connectivity index (χ1) is 9.97. The first-order valence-electron chi connectivity index (χ1n) is 6.68. The summed E-state index contributed by atoms with van der Waals surface area (Å²) in [4.78, 5) is 22.4. The molecule has 1 aromatic carbocycles. The second-order valence-electron chi connectivity index (χ2n) is 4.72. The van der Waals surface area contributed by atoms with Crippen LogP contribution in [-0.4, -0.2) is 37.7 Å². The van der Waals surface area contributed by atoms with Gasteiger partial charge in [0.1, 0.15) is 11.5 Å². The van der Waals surface area contributed by atoms with Gasteiger partial charge in [0.25, 0.3) is 0 Å². The SMILES string of the molecule is COc1ccc(OC)c(CCC(=O)NCC(C)C(=O)O)c1. The Morgan fingerprint density at radius 3 is 2.57 bits per heavy atom. The highest BCUT2D eigenvalue weighted by Gasteiger charge is 2.13. The molecule has 0 saturated carbocycles. The van der Waals surface area contributed by atoms with Crippen molar-refractivity contribution in [2.75, 3.05) is 20.8 Å². The van der Waals surface area contributed by atoms with Gasteiger partial charge in [0.2, 0.25) is 5.91 Å². The summed E-state index contributed by atoms with van der Waals surface area (Å²) in [6, 6.07) is 5.40. The fraction of sp³-hybridized carbons (Fsp3) is 0.467. The van der Waals surface area contributed by atoms with Gasteiger partial charge in [-0.05, 0) is 30.2 Å². The van der Waals surface area contributed by atoms with Crippen LogP contribution in [0.15, 0.2) is 18.2 Å². The van der Waals surface area contributed by atoms with Gasteiger partial charge in [0.05, 0.1) is 20.1 Å². The summed E-state index contributed by atoms with van der Waals surface area (Å²) in [7, 11) is 3.14. The Bertz CT molecular complexity index is 501. The Kier molecular flexibility index (Phi) is 6.52. The number of benzene rings is 1. The lowest BCUT2D eigenvalue weighted by molar-refractivity contribution is -0.141. The summed E-state index contributed by atoms with van der Waals surface area (Å²) >= 11 is 0. The van der Waals surface area contributed by atoms with Gasteiger partial charge >= 0.3 is 5.97 Å². The van der Waals surface area contributed by atoms with Crippen molar-refractivity contribution in [3.05, 3.63) is 23.8 Å². The maximum Gasteiger partial charge on any atom is 0.308 e. The van der Waals surface area contributed by atoms with Crippen molar-refractivity contribution in [3.8, 4) is 11.5 Å². The largest absolute Gasteiger partial charge is 0.497 e. The van der Waals surface area contributed by atoms with Crippen LogP contribution in [0, 0.1) is 5.92 Å². The molecule has 116 valence electrons. The second kappa shape index (κ2) is 8.14. The third kappa shape index (κ3) is 5.33. The number of ether oxygens (including phenoxy) is 2. The van der Waals surface area contributed by atoms with Gasteiger partial charge in [-0.2, -0.15) is 0 Å². The number of carbonyl (C=O) groups is 2. The highest BCUT2D eigenvalue weighted by molar-refractivity contribution is 5.77. The molecule has 0 radical (unpaired) electrons. The number of carboxylic acid groups (broad SMARTS) is 1. The van der Waals surface area contributed by atoms with E-state index in [0.29, 0.717) is 17.9 Å². The van der Waals surface area contributed by atoms with Crippen LogP contribution in [-0.2, 0) is 16.0 Å². The molecule has 2 N–H and O–H groups in total. The highest BCUT2D eigenvalue weighted by Crippen LogP contribution is 2.24. The van der Waals surface area contributed by atoms with Crippen molar-refractivity contribution in [2.45, 2.75) is 19.8 Å². The molecule has 0 saturated heterocycles. The highest BCUT2D eigenvalue weighted by atomic mass is 16.5. The van der Waals surface area contributed by atoms with E-state index < -0.39 is 11.9 Å². The number of methoxy groups -OCH3 is 2. The minimum absolute atomic E-state index is 0.128. The van der Waals surface area contributed by atoms with Crippen LogP contribution in [0.1, 0.15) is 18.9 Å². The number of hydrogen-bond acceptors (Lipinski definition) is 4. The second-order valence-corrected chi connectivity index (χ2v) is 4.72. The predicted octanol–water partition coefficient (Wildman–Crippen LogP) is 1.47. The van der Waals surface area contributed by atoms with E-state index in [1.807, 2.05) is 6.07 Å². The minimum Gasteiger partial charge on any atom is -0.497 e. The van der Waals surface area contributed by atoms with Gasteiger partial charge in [-0.3, -0.25) is 9.59 Å². The maximum atomic E-state index is 11.7. The normalized spacial score (nSPS) is 11.6. The average Bonchev–Trinajstić information content (AvgIpc) is 2.49. The topological polar surface area (TPSA) is 84.9 Å². The lowest BCUT2D eigenvalue weighted by Gasteiger charge is -2.11. The standard InChI is InChI=1S/C15H21NO5/c1-10(15(18)19)9-16-14(17)7-4-11-8-12(20-2)5-6-13(11)21-3/h5-6,8,10H,4,7,9H2,1-3H3,(H,16,17)(H,18,19). The quantitative estimate of drug-likeness (QED) is 0.758. The average molecular weight is 295 g/mol. The number of amides is 1. The minimum atomic E-state index is -0.926. The van der Waals surface area contributed by atoms with Gasteiger partial charge in [-0.25, -0.2) is 0 Å². The van der Waals surface area contributed by atoms with E-state index in [0.717, 1.165) is 5.56 Å². The Morgan fingerprint density at radius 1 is 1.29 bits per heavy atom. The fourth-order valence-corrected chi connectivity index (χ4v) is 1.77. The van der Waals surface area contributed by atoms with Gasteiger partial charge in [-0.1, -0.05) is 6.92 Å². The van der Waals surface area contributed by atoms with Crippen molar-refractivity contribution in [2.24, 2.45) is 5.92 Å². The number of nitrogens with one attached hydrogen (secondary N) is 1. The number of rotatable bonds is 8. The number of carbonyl (C=O) groups excluding carboxylic acids is 1. The van der Waals surface area contributed by atoms with Gasteiger partial charge in [0, 0.05) is 13.0 Å². The molecule has 0 aliphatic rings. The zero-order valence-corrected chi connectivity index (χ0v) is 12.5. The third-order valence-electron chi connectivity index (χ3n) is 3.14. The van der Waals surface area contributed by atoms with Gasteiger partial charge in [0.15, 0.2) is 0 Å². The summed E-state index contributed by atoms with van der Waals surface area (Å²) < 4.78 is 10.4. The molecular formula is C15H21NO5. The molecule has 6 nitrogen and oxygen atoms in total. The molecule has 1 rings (SSSR count). The molecule has 0 bridgehead atoms. The van der Waals surface area contributed by atoms with Crippen LogP contribution in [0.4, 0.5) is 0 Å². The Labute approximate surface area is 124 Å². The van der Waals surface area contributed by atoms with Crippen molar-refractivity contribution >= 4 is 11.9 Å². The van der Waals surface area contributed by atoms with E-state index in [4.69, 9.17) is 14.6 Å². The molecular weight excluding hydrogens is 274 g/mol. The molecule has 0 fully saturated rings. The molecule has 1 atom stereocenters. The van der Waals surface area contributed by atoms with Crippen LogP contribution in [0.25, 0.3) is 0 Å². The lowest BCUT2D eigenvalue weighted by Crippen LogP contribution is -2.31. The molecule has 21 heavy (non-hydrogen) atoms. The molecule has 1 aromatic rings. The maximum absolute atomic E-state index is 11.7. The van der Waals surface area contributed by atoms with Crippen LogP contribution >= 0.6 is 0 Å². The fourth-order valence-electron chi connectivity index (χ4n) is 1.77. The number of aryl methyl sites for hydroxylation is 1. The molecule has 0 aliphatic carbocycles. The molecule has 1 unspecified atom stereocenters. The molecule has 0 spiro atoms. The van der Waals surface area contributed by atoms with E-state index in [-0.39, 0.29) is 18.9 Å². The molecule has 6 heteroatoms. The summed E-state index contributed by atoms with van der Waals surface area (Å²) in [6.07, 6.45) is 0.753. The van der Waals surface area contributed by atoms with Crippen molar-refractivity contribution in [1.82, 2.24) is 5.32 Å². The third-order valence-corrected chi connectivity index (χ3v) is 3.14. The smallest absolute Gasteiger partial charge is 0.308 e. The van der Waals surface area contributed by atoms with Crippen molar-refractivity contribution in [3.63, 3.8) is 0 Å². The molecule has 0 aromatic heterocycles. The summed E-state index contributed by atoms with van der Waals surface area (Å²) in [5.74, 6) is -0.314. The number of aliphatic carboxylic acids is 1. The zero-order chi connectivity index (χ0) is 15.8. The van der Waals surface area contributed by atoms with E-state index in [1.54, 1.807) is 33.3 Å². The van der Waals surface area contributed by atoms with Crippen molar-refractivity contribution in [1.29, 1.82) is 0 Å². The first-order valence-corrected chi connectivity index (χ1v) is 6.68. The molecule has 0 aliphatic heterocycles. The van der Waals surface area contributed by atoms with Crippen molar-refractivity contribution < 1.29 is 24.2 Å². The summed E-state index contributed by atoms with van der Waals surface area (Å²) in [5, 5.41) is 11.4. The molecule has 1 amide bonds. The van der Waals surface area contributed by atoms with Crippen LogP contribution in [0.2, 0.25) is 0 Å². The van der Waals surface area contributed by atoms with Crippen LogP contribution < -0.4 is 14.8 Å². The Balaban J connectivity index is 2.54. The van der Waals surface area contributed by atoms with Gasteiger partial charge < -0.3 is 19.9 Å². The number of hydrogen-bond donors (Lipinski definition) is 2.